The van der Waals surface area contributed by atoms with Gasteiger partial charge in [0.25, 0.3) is 22.2 Å². The summed E-state index contributed by atoms with van der Waals surface area (Å²) in [6, 6.07) is 55.3. The molecule has 6 aliphatic carbocycles. The third kappa shape index (κ3) is 22.5. The van der Waals surface area contributed by atoms with E-state index in [2.05, 4.69) is 80.0 Å². The lowest BCUT2D eigenvalue weighted by Crippen LogP contribution is -2.33. The maximum atomic E-state index is 14.1. The lowest BCUT2D eigenvalue weighted by atomic mass is 9.91. The Labute approximate surface area is 842 Å². The van der Waals surface area contributed by atoms with Gasteiger partial charge in [0, 0.05) is 230 Å². The predicted molar refractivity (Wildman–Crippen MR) is 572 cm³/mol. The van der Waals surface area contributed by atoms with Crippen molar-refractivity contribution in [1.82, 2.24) is 78.1 Å². The molecule has 12 heterocycles. The first-order valence-electron chi connectivity index (χ1n) is 49.4. The molecular formula is C110H116Cl4N24O4. The van der Waals surface area contributed by atoms with Crippen molar-refractivity contribution >= 4 is 114 Å². The molecule has 12 aromatic heterocycles. The summed E-state index contributed by atoms with van der Waals surface area (Å²) in [5.41, 5.74) is 42.1. The Morgan fingerprint density at radius 3 is 0.930 bits per heavy atom. The third-order valence-electron chi connectivity index (χ3n) is 27.3. The molecule has 0 saturated heterocycles. The summed E-state index contributed by atoms with van der Waals surface area (Å²) in [6.07, 6.45) is 24.5. The molecule has 0 spiro atoms. The zero-order valence-electron chi connectivity index (χ0n) is 80.4. The minimum atomic E-state index is -0.178. The fraction of sp³-hybridized carbons (Fsp3) is 0.345. The van der Waals surface area contributed by atoms with Crippen LogP contribution in [0.3, 0.4) is 0 Å². The van der Waals surface area contributed by atoms with Crippen molar-refractivity contribution in [3.05, 3.63) is 279 Å². The fourth-order valence-corrected chi connectivity index (χ4v) is 20.2. The number of hydrogen-bond donors (Lipinski definition) is 8. The molecule has 4 aromatic carbocycles. The standard InChI is InChI=1S/C29H31ClN6O.C29H33ClN6O.C28H29ClN6O.C24H23ClN6O/c1-17-3-2-4-26(34-17)19-7-12-23(25(30)14-19)24-13-20-16-33-29(32-15-18-5-6-18)35-27(20)36(28(24)37)22-10-8-21(31)9-11-22;1-17(2)15-32-29-33-16-20-13-24(28(37)36(27(20)35-29)22-10-8-21(31)9-11-22)23-12-7-19(14-25(23)30)26-6-4-5-18(3)34-26;1-16-3-2-4-25(32-16)17-5-12-22(24(29)14-17)23-13-18-15-31-28(33-20-8-9-20)34-26(18)35(27(23)36)21-10-6-19(30)7-11-21;1-14-3-2-4-21(28-14)15-5-8-18(20(25)12-15)19-11-16-13-27-24(29-17-6-7-17)30-22(16)31(10-9-26)23(19)32/h2-4,7,12-14,16,18,21-22H,5-6,8-11,15,31H2,1H3,(H,32,33,35);4-7,12-14,16-17,21-22H,8-11,15,31H2,1-3H3,(H,32,33,35);2-5,12-15,19-21H,6-11,30H2,1H3,(H,31,33,34);2-5,8,11-13,17H,6-7,9-10,26H2,1H3,(H,27,29,30). The highest BCUT2D eigenvalue weighted by Crippen LogP contribution is 2.42. The molecule has 32 heteroatoms. The van der Waals surface area contributed by atoms with Gasteiger partial charge in [0.05, 0.1) is 22.8 Å². The number of aryl methyl sites for hydroxylation is 4. The summed E-state index contributed by atoms with van der Waals surface area (Å²) in [4.78, 5) is 111. The number of aromatic nitrogens is 16. The van der Waals surface area contributed by atoms with E-state index in [1.807, 2.05) is 211 Å². The van der Waals surface area contributed by atoms with E-state index in [-0.39, 0.29) is 58.5 Å². The average molecular weight is 1980 g/mol. The highest BCUT2D eigenvalue weighted by molar-refractivity contribution is 6.35. The minimum absolute atomic E-state index is 0.0251. The number of anilines is 4. The van der Waals surface area contributed by atoms with Crippen LogP contribution in [0.15, 0.2) is 214 Å². The number of pyridine rings is 8. The first-order chi connectivity index (χ1) is 68.7. The number of halogens is 4. The number of nitrogens with zero attached hydrogens (tertiary/aromatic N) is 16. The lowest BCUT2D eigenvalue weighted by Gasteiger charge is -2.29. The highest BCUT2D eigenvalue weighted by atomic mass is 35.5. The lowest BCUT2D eigenvalue weighted by molar-refractivity contribution is 0.324. The first-order valence-corrected chi connectivity index (χ1v) is 50.9. The van der Waals surface area contributed by atoms with Crippen molar-refractivity contribution in [2.24, 2.45) is 34.8 Å². The molecule has 0 amide bonds. The Bertz CT molecular complexity index is 7470. The molecule has 6 saturated carbocycles. The van der Waals surface area contributed by atoms with Crippen molar-refractivity contribution in [2.75, 3.05) is 40.9 Å². The van der Waals surface area contributed by atoms with Gasteiger partial charge in [-0.1, -0.05) is 133 Å². The summed E-state index contributed by atoms with van der Waals surface area (Å²) >= 11 is 27.0. The first kappa shape index (κ1) is 97.7. The van der Waals surface area contributed by atoms with E-state index in [1.165, 1.54) is 12.8 Å². The monoisotopic (exact) mass is 1980 g/mol. The Morgan fingerprint density at radius 2 is 0.634 bits per heavy atom. The van der Waals surface area contributed by atoms with Crippen molar-refractivity contribution in [3.63, 3.8) is 0 Å². The highest BCUT2D eigenvalue weighted by Gasteiger charge is 2.33. The van der Waals surface area contributed by atoms with Gasteiger partial charge in [-0.2, -0.15) is 19.9 Å². The van der Waals surface area contributed by atoms with Gasteiger partial charge < -0.3 is 44.2 Å². The van der Waals surface area contributed by atoms with E-state index in [1.54, 1.807) is 29.2 Å². The second-order valence-electron chi connectivity index (χ2n) is 39.0. The summed E-state index contributed by atoms with van der Waals surface area (Å²) in [7, 11) is 0. The van der Waals surface area contributed by atoms with E-state index in [9.17, 15) is 19.2 Å². The minimum Gasteiger partial charge on any atom is -0.354 e. The number of hydrogen-bond acceptors (Lipinski definition) is 24. The van der Waals surface area contributed by atoms with Crippen LogP contribution in [0, 0.1) is 39.5 Å². The van der Waals surface area contributed by atoms with E-state index in [4.69, 9.17) is 84.3 Å². The van der Waals surface area contributed by atoms with Crippen LogP contribution in [-0.4, -0.2) is 128 Å². The van der Waals surface area contributed by atoms with E-state index in [0.717, 1.165) is 205 Å². The average Bonchev–Trinajstić information content (AvgIpc) is 1.09. The summed E-state index contributed by atoms with van der Waals surface area (Å²) in [6.45, 7) is 14.4. The van der Waals surface area contributed by atoms with Crippen molar-refractivity contribution in [3.8, 4) is 89.5 Å². The normalized spacial score (nSPS) is 17.9. The summed E-state index contributed by atoms with van der Waals surface area (Å²) < 4.78 is 7.19. The molecule has 728 valence electrons. The maximum absolute atomic E-state index is 14.1. The Hall–Kier alpha value is -13.2. The zero-order chi connectivity index (χ0) is 98.7. The molecular weight excluding hydrogens is 1860 g/mol. The maximum Gasteiger partial charge on any atom is 0.260 e. The molecule has 142 heavy (non-hydrogen) atoms. The number of benzene rings is 4. The Kier molecular flexibility index (Phi) is 29.5. The molecule has 0 radical (unpaired) electrons. The topological polar surface area (TPSA) is 395 Å². The van der Waals surface area contributed by atoms with Crippen molar-refractivity contribution in [1.29, 1.82) is 0 Å². The summed E-state index contributed by atoms with van der Waals surface area (Å²) in [5, 5.41) is 18.5. The van der Waals surface area contributed by atoms with Crippen LogP contribution >= 0.6 is 46.4 Å². The van der Waals surface area contributed by atoms with Gasteiger partial charge in [-0.05, 0) is 252 Å². The molecule has 0 bridgehead atoms. The molecule has 22 rings (SSSR count). The SMILES string of the molecule is Cc1cccc(-c2ccc(-c3cc4cnc(NC5CC5)nc4n(C4CCC(N)CC4)c3=O)c(Cl)c2)n1.Cc1cccc(-c2ccc(-c3cc4cnc(NC5CC5)nc4n(CCN)c3=O)c(Cl)c2)n1.Cc1cccc(-c2ccc(-c3cc4cnc(NCC(C)C)nc4n(C4CCC(N)CC4)c3=O)c(Cl)c2)n1.Cc1cccc(-c2ccc(-c3cc4cnc(NCC5CC5)nc4n(C4CCC(N)CC4)c3=O)c(Cl)c2)n1. The van der Waals surface area contributed by atoms with Crippen LogP contribution in [0.1, 0.15) is 170 Å². The van der Waals surface area contributed by atoms with E-state index < -0.39 is 0 Å². The van der Waals surface area contributed by atoms with Gasteiger partial charge in [-0.25, -0.2) is 19.9 Å². The molecule has 16 aromatic rings. The number of fused-ring (bicyclic) bond motifs is 4. The fourth-order valence-electron chi connectivity index (χ4n) is 19.1. The quantitative estimate of drug-likeness (QED) is 0.0295. The molecule has 0 atom stereocenters. The van der Waals surface area contributed by atoms with E-state index in [0.29, 0.717) is 148 Å². The molecule has 0 unspecified atom stereocenters. The van der Waals surface area contributed by atoms with Gasteiger partial charge in [0.2, 0.25) is 23.8 Å². The Balaban J connectivity index is 0.000000120. The molecule has 6 fully saturated rings. The predicted octanol–water partition coefficient (Wildman–Crippen LogP) is 21.3. The van der Waals surface area contributed by atoms with Gasteiger partial charge in [-0.15, -0.1) is 0 Å². The largest absolute Gasteiger partial charge is 0.354 e. The number of rotatable bonds is 23. The Morgan fingerprint density at radius 1 is 0.338 bits per heavy atom. The second kappa shape index (κ2) is 42.9. The smallest absolute Gasteiger partial charge is 0.260 e. The third-order valence-corrected chi connectivity index (χ3v) is 28.6. The van der Waals surface area contributed by atoms with Crippen LogP contribution in [0.2, 0.25) is 20.1 Å². The van der Waals surface area contributed by atoms with Crippen LogP contribution in [0.5, 0.6) is 0 Å². The summed E-state index contributed by atoms with van der Waals surface area (Å²) in [5.74, 6) is 3.36. The van der Waals surface area contributed by atoms with Crippen molar-refractivity contribution < 1.29 is 0 Å². The van der Waals surface area contributed by atoms with E-state index >= 15 is 0 Å². The molecule has 12 N–H and O–H groups in total. The van der Waals surface area contributed by atoms with Gasteiger partial charge in [0.15, 0.2) is 0 Å². The van der Waals surface area contributed by atoms with Crippen LogP contribution in [-0.2, 0) is 6.54 Å². The molecule has 6 aliphatic rings. The van der Waals surface area contributed by atoms with Gasteiger partial charge >= 0.3 is 0 Å². The zero-order valence-corrected chi connectivity index (χ0v) is 83.4. The molecule has 28 nitrogen and oxygen atoms in total. The van der Waals surface area contributed by atoms with Crippen LogP contribution in [0.4, 0.5) is 23.8 Å². The van der Waals surface area contributed by atoms with Crippen molar-refractivity contribution in [2.45, 2.75) is 212 Å². The van der Waals surface area contributed by atoms with Gasteiger partial charge in [0.1, 0.15) is 22.6 Å². The van der Waals surface area contributed by atoms with Crippen LogP contribution < -0.4 is 66.4 Å². The number of nitrogens with two attached hydrogens (primary N) is 4. The molecule has 0 aliphatic heterocycles. The van der Waals surface area contributed by atoms with Gasteiger partial charge in [-0.3, -0.25) is 57.4 Å². The number of nitrogens with one attached hydrogen (secondary N) is 4. The van der Waals surface area contributed by atoms with Crippen LogP contribution in [0.25, 0.3) is 134 Å². The second-order valence-corrected chi connectivity index (χ2v) is 40.6.